The van der Waals surface area contributed by atoms with Gasteiger partial charge in [0.1, 0.15) is 48.7 Å². The van der Waals surface area contributed by atoms with E-state index in [-0.39, 0.29) is 0 Å². The van der Waals surface area contributed by atoms with Gasteiger partial charge in [0.15, 0.2) is 6.29 Å². The summed E-state index contributed by atoms with van der Waals surface area (Å²) in [5.74, 6) is -7.43. The molecule has 2 rings (SSSR count). The molecule has 2 aliphatic heterocycles. The third kappa shape index (κ3) is 8.49. The Labute approximate surface area is 232 Å². The van der Waals surface area contributed by atoms with Crippen molar-refractivity contribution in [2.45, 2.75) is 93.2 Å². The molecule has 0 spiro atoms. The Morgan fingerprint density at radius 1 is 1.02 bits per heavy atom. The van der Waals surface area contributed by atoms with Gasteiger partial charge in [0.2, 0.25) is 11.8 Å². The normalized spacial score (nSPS) is 36.0. The van der Waals surface area contributed by atoms with Crippen molar-refractivity contribution in [2.24, 2.45) is 5.73 Å². The van der Waals surface area contributed by atoms with Gasteiger partial charge in [0.05, 0.1) is 32.0 Å². The second-order valence-electron chi connectivity index (χ2n) is 9.72. The zero-order chi connectivity index (χ0) is 31.2. The van der Waals surface area contributed by atoms with Crippen molar-refractivity contribution in [1.29, 1.82) is 0 Å². The first-order valence-corrected chi connectivity index (χ1v) is 12.4. The topological polar surface area (TPSA) is 317 Å². The van der Waals surface area contributed by atoms with E-state index in [1.165, 1.54) is 0 Å². The Bertz CT molecular complexity index is 941. The highest BCUT2D eigenvalue weighted by atomic mass is 16.7. The standard InChI is InChI=1S/C22H37N3O16/c1-7(27)24-13-10(29)3-22(21(36)37,41-18(13)15(31)11(30)4-26)39-6-12-16(32)17(33)14(25-8(2)28)20(40-12)38-5-9(23)19(34)35/h9-18,20,26,29-33H,3-6,23H2,1-2H3,(H,24,27)(H,25,28)(H,34,35)(H,36,37)/t9?,10-,11-,12-,13-,14-,15?,16+,17-,18-,20+,22-/m1/s1. The molecule has 2 heterocycles. The fourth-order valence-corrected chi connectivity index (χ4v) is 4.36. The molecule has 0 aliphatic carbocycles. The van der Waals surface area contributed by atoms with Crippen LogP contribution < -0.4 is 16.4 Å². The summed E-state index contributed by atoms with van der Waals surface area (Å²) in [5.41, 5.74) is 5.42. The van der Waals surface area contributed by atoms with Crippen LogP contribution in [0.2, 0.25) is 0 Å². The second-order valence-corrected chi connectivity index (χ2v) is 9.72. The van der Waals surface area contributed by atoms with Gasteiger partial charge in [-0.1, -0.05) is 0 Å². The number of carboxylic acid groups (broad SMARTS) is 2. The Balaban J connectivity index is 2.31. The Morgan fingerprint density at radius 2 is 1.61 bits per heavy atom. The van der Waals surface area contributed by atoms with E-state index in [1.807, 2.05) is 0 Å². The highest BCUT2D eigenvalue weighted by molar-refractivity contribution is 5.76. The van der Waals surface area contributed by atoms with Gasteiger partial charge in [-0.3, -0.25) is 14.4 Å². The van der Waals surface area contributed by atoms with Crippen LogP contribution in [0.25, 0.3) is 0 Å². The van der Waals surface area contributed by atoms with Gasteiger partial charge >= 0.3 is 11.9 Å². The summed E-state index contributed by atoms with van der Waals surface area (Å²) in [7, 11) is 0. The highest BCUT2D eigenvalue weighted by Gasteiger charge is 2.57. The number of hydrogen-bond acceptors (Lipinski definition) is 15. The van der Waals surface area contributed by atoms with E-state index in [4.69, 9.17) is 29.8 Å². The van der Waals surface area contributed by atoms with Crippen LogP contribution in [0.4, 0.5) is 0 Å². The number of hydrogen-bond donors (Lipinski definition) is 11. The summed E-state index contributed by atoms with van der Waals surface area (Å²) in [6.45, 7) is -0.378. The third-order valence-electron chi connectivity index (χ3n) is 6.50. The first-order valence-electron chi connectivity index (χ1n) is 12.4. The molecule has 41 heavy (non-hydrogen) atoms. The van der Waals surface area contributed by atoms with Crippen LogP contribution in [0, 0.1) is 0 Å². The highest BCUT2D eigenvalue weighted by Crippen LogP contribution is 2.34. The van der Waals surface area contributed by atoms with E-state index in [0.717, 1.165) is 13.8 Å². The van der Waals surface area contributed by atoms with Crippen molar-refractivity contribution in [2.75, 3.05) is 19.8 Å². The van der Waals surface area contributed by atoms with Gasteiger partial charge < -0.3 is 76.2 Å². The average Bonchev–Trinajstić information content (AvgIpc) is 2.89. The van der Waals surface area contributed by atoms with Crippen LogP contribution >= 0.6 is 0 Å². The Kier molecular flexibility index (Phi) is 12.3. The molecule has 12 N–H and O–H groups in total. The molecule has 12 atom stereocenters. The molecule has 2 amide bonds. The minimum absolute atomic E-state index is 0.655. The molecule has 0 bridgehead atoms. The zero-order valence-electron chi connectivity index (χ0n) is 22.1. The molecule has 0 aromatic rings. The molecular formula is C22H37N3O16. The molecule has 2 fully saturated rings. The summed E-state index contributed by atoms with van der Waals surface area (Å²) >= 11 is 0. The lowest BCUT2D eigenvalue weighted by Crippen LogP contribution is -2.69. The van der Waals surface area contributed by atoms with Crippen LogP contribution in [0.15, 0.2) is 0 Å². The van der Waals surface area contributed by atoms with Crippen LogP contribution in [-0.2, 0) is 38.1 Å². The van der Waals surface area contributed by atoms with Crippen LogP contribution in [0.1, 0.15) is 20.3 Å². The molecule has 2 saturated heterocycles. The maximum atomic E-state index is 12.3. The minimum atomic E-state index is -2.78. The SMILES string of the molecule is CC(=O)N[C@@H]1[C@H](O)C[C@](OC[C@H]2O[C@H](OCC(N)C(=O)O)[C@H](NC(C)=O)[C@@H](O)[C@H]2O)(C(=O)O)O[C@H]1C(O)[C@H](O)CO. The van der Waals surface area contributed by atoms with E-state index in [2.05, 4.69) is 10.6 Å². The number of aliphatic hydroxyl groups excluding tert-OH is 6. The van der Waals surface area contributed by atoms with E-state index >= 15 is 0 Å². The molecule has 19 heteroatoms. The second kappa shape index (κ2) is 14.6. The molecule has 0 aromatic carbocycles. The number of ether oxygens (including phenoxy) is 4. The number of aliphatic hydroxyl groups is 6. The lowest BCUT2D eigenvalue weighted by Gasteiger charge is -2.47. The van der Waals surface area contributed by atoms with Gasteiger partial charge in [0.25, 0.3) is 5.79 Å². The number of nitrogens with one attached hydrogen (secondary N) is 2. The fourth-order valence-electron chi connectivity index (χ4n) is 4.36. The number of carbonyl (C=O) groups excluding carboxylic acids is 2. The van der Waals surface area contributed by atoms with Crippen LogP contribution in [-0.4, -0.2) is 157 Å². The van der Waals surface area contributed by atoms with Gasteiger partial charge in [-0.2, -0.15) is 0 Å². The maximum Gasteiger partial charge on any atom is 0.364 e. The van der Waals surface area contributed by atoms with Crippen molar-refractivity contribution < 1.29 is 79.0 Å². The van der Waals surface area contributed by atoms with E-state index in [0.29, 0.717) is 0 Å². The first-order chi connectivity index (χ1) is 19.0. The summed E-state index contributed by atoms with van der Waals surface area (Å²) in [5, 5.41) is 85.1. The number of carbonyl (C=O) groups is 4. The van der Waals surface area contributed by atoms with Crippen molar-refractivity contribution in [3.8, 4) is 0 Å². The predicted molar refractivity (Wildman–Crippen MR) is 128 cm³/mol. The number of carboxylic acids is 2. The summed E-state index contributed by atoms with van der Waals surface area (Å²) < 4.78 is 21.8. The van der Waals surface area contributed by atoms with Crippen LogP contribution in [0.3, 0.4) is 0 Å². The predicted octanol–water partition coefficient (Wildman–Crippen LogP) is -6.47. The van der Waals surface area contributed by atoms with E-state index in [9.17, 15) is 54.9 Å². The molecule has 236 valence electrons. The third-order valence-corrected chi connectivity index (χ3v) is 6.50. The monoisotopic (exact) mass is 599 g/mol. The van der Waals surface area contributed by atoms with Gasteiger partial charge in [-0.25, -0.2) is 4.79 Å². The molecule has 2 aliphatic rings. The summed E-state index contributed by atoms with van der Waals surface area (Å²) in [4.78, 5) is 46.6. The lowest BCUT2D eigenvalue weighted by molar-refractivity contribution is -0.330. The summed E-state index contributed by atoms with van der Waals surface area (Å²) in [6, 6.07) is -4.40. The van der Waals surface area contributed by atoms with Gasteiger partial charge in [0, 0.05) is 20.3 Å². The maximum absolute atomic E-state index is 12.3. The number of amides is 2. The van der Waals surface area contributed by atoms with Crippen molar-refractivity contribution in [3.05, 3.63) is 0 Å². The van der Waals surface area contributed by atoms with Gasteiger partial charge in [-0.15, -0.1) is 0 Å². The molecule has 2 unspecified atom stereocenters. The van der Waals surface area contributed by atoms with Gasteiger partial charge in [-0.05, 0) is 0 Å². The van der Waals surface area contributed by atoms with E-state index in [1.54, 1.807) is 0 Å². The van der Waals surface area contributed by atoms with Crippen LogP contribution in [0.5, 0.6) is 0 Å². The van der Waals surface area contributed by atoms with Crippen molar-refractivity contribution >= 4 is 23.8 Å². The molecule has 0 saturated carbocycles. The zero-order valence-corrected chi connectivity index (χ0v) is 22.1. The molecule has 0 radical (unpaired) electrons. The molecule has 19 nitrogen and oxygen atoms in total. The number of aliphatic carboxylic acids is 2. The number of rotatable bonds is 13. The van der Waals surface area contributed by atoms with Crippen molar-refractivity contribution in [3.63, 3.8) is 0 Å². The quantitative estimate of drug-likeness (QED) is 0.0937. The Hall–Kier alpha value is -2.56. The van der Waals surface area contributed by atoms with Crippen molar-refractivity contribution in [1.82, 2.24) is 10.6 Å². The smallest absolute Gasteiger partial charge is 0.364 e. The average molecular weight is 600 g/mol. The van der Waals surface area contributed by atoms with E-state index < -0.39 is 123 Å². The Morgan fingerprint density at radius 3 is 2.12 bits per heavy atom. The molecule has 0 aromatic heterocycles. The fraction of sp³-hybridized carbons (Fsp3) is 0.818. The largest absolute Gasteiger partial charge is 0.480 e. The summed E-state index contributed by atoms with van der Waals surface area (Å²) in [6.07, 6.45) is -15.2. The minimum Gasteiger partial charge on any atom is -0.480 e. The molecular weight excluding hydrogens is 562 g/mol. The first kappa shape index (κ1) is 34.6. The number of nitrogens with two attached hydrogens (primary N) is 1. The lowest BCUT2D eigenvalue weighted by atomic mass is 9.88.